The molecule has 0 bridgehead atoms. The van der Waals surface area contributed by atoms with Gasteiger partial charge in [-0.2, -0.15) is 18.3 Å². The first-order valence-electron chi connectivity index (χ1n) is 9.41. The lowest BCUT2D eigenvalue weighted by molar-refractivity contribution is -0.137. The molecule has 1 heterocycles. The Hall–Kier alpha value is -2.84. The van der Waals surface area contributed by atoms with E-state index in [0.717, 1.165) is 22.9 Å². The summed E-state index contributed by atoms with van der Waals surface area (Å²) in [6.07, 6.45) is -4.55. The second kappa shape index (κ2) is 8.96. The van der Waals surface area contributed by atoms with E-state index in [0.29, 0.717) is 15.6 Å². The molecular formula is C22H18Cl2F3N3O2. The molecule has 0 spiro atoms. The number of alkyl halides is 3. The Morgan fingerprint density at radius 3 is 2.44 bits per heavy atom. The molecule has 0 aliphatic rings. The van der Waals surface area contributed by atoms with Crippen LogP contribution in [0, 0.1) is 6.92 Å². The monoisotopic (exact) mass is 483 g/mol. The molecule has 1 aromatic heterocycles. The zero-order valence-corrected chi connectivity index (χ0v) is 18.8. The normalized spacial score (nSPS) is 12.5. The van der Waals surface area contributed by atoms with Crippen molar-refractivity contribution >= 4 is 29.1 Å². The van der Waals surface area contributed by atoms with Crippen molar-refractivity contribution in [1.29, 1.82) is 0 Å². The van der Waals surface area contributed by atoms with Crippen LogP contribution in [-0.4, -0.2) is 27.6 Å². The Kier molecular flexibility index (Phi) is 6.67. The van der Waals surface area contributed by atoms with Crippen molar-refractivity contribution in [1.82, 2.24) is 14.7 Å². The molecule has 0 radical (unpaired) electrons. The summed E-state index contributed by atoms with van der Waals surface area (Å²) < 4.78 is 40.5. The Labute approximate surface area is 192 Å². The lowest BCUT2D eigenvalue weighted by atomic mass is 10.1. The number of rotatable bonds is 4. The minimum absolute atomic E-state index is 0.0721. The number of hydrogen-bond donors (Lipinski definition) is 0. The first-order chi connectivity index (χ1) is 14.9. The standard InChI is InChI=1S/C22H18Cl2F3N3O2/c1-12-9-19(31)20(28-30(12)16-6-4-5-14(10-16)22(25,26)27)21(32)29(3)13(2)17-8-7-15(23)11-18(17)24/h4-11,13H,1-3H3. The highest BCUT2D eigenvalue weighted by Gasteiger charge is 2.31. The van der Waals surface area contributed by atoms with Crippen molar-refractivity contribution in [3.63, 3.8) is 0 Å². The zero-order valence-electron chi connectivity index (χ0n) is 17.2. The third-order valence-electron chi connectivity index (χ3n) is 5.04. The summed E-state index contributed by atoms with van der Waals surface area (Å²) in [5, 5.41) is 4.87. The number of aryl methyl sites for hydroxylation is 1. The highest BCUT2D eigenvalue weighted by atomic mass is 35.5. The second-order valence-corrected chi connectivity index (χ2v) is 8.06. The van der Waals surface area contributed by atoms with Gasteiger partial charge in [0.15, 0.2) is 5.69 Å². The van der Waals surface area contributed by atoms with Crippen LogP contribution in [0.5, 0.6) is 0 Å². The summed E-state index contributed by atoms with van der Waals surface area (Å²) in [5.41, 5.74) is -0.974. The van der Waals surface area contributed by atoms with Crippen molar-refractivity contribution in [2.24, 2.45) is 0 Å². The molecule has 1 unspecified atom stereocenters. The van der Waals surface area contributed by atoms with Crippen molar-refractivity contribution in [2.45, 2.75) is 26.1 Å². The predicted octanol–water partition coefficient (Wildman–Crippen LogP) is 5.70. The van der Waals surface area contributed by atoms with Crippen LogP contribution in [0.1, 0.15) is 40.3 Å². The van der Waals surface area contributed by atoms with Gasteiger partial charge in [-0.3, -0.25) is 9.59 Å². The van der Waals surface area contributed by atoms with Crippen molar-refractivity contribution < 1.29 is 18.0 Å². The van der Waals surface area contributed by atoms with E-state index < -0.39 is 34.8 Å². The van der Waals surface area contributed by atoms with Gasteiger partial charge >= 0.3 is 6.18 Å². The minimum Gasteiger partial charge on any atom is -0.333 e. The molecule has 0 saturated carbocycles. The maximum atomic E-state index is 13.1. The van der Waals surface area contributed by atoms with Crippen LogP contribution < -0.4 is 5.43 Å². The van der Waals surface area contributed by atoms with Crippen molar-refractivity contribution in [3.8, 4) is 5.69 Å². The molecule has 3 rings (SSSR count). The Morgan fingerprint density at radius 1 is 1.12 bits per heavy atom. The van der Waals surface area contributed by atoms with Gasteiger partial charge in [-0.15, -0.1) is 0 Å². The smallest absolute Gasteiger partial charge is 0.333 e. The van der Waals surface area contributed by atoms with E-state index in [1.54, 1.807) is 19.1 Å². The largest absolute Gasteiger partial charge is 0.416 e. The molecule has 168 valence electrons. The molecule has 2 aromatic carbocycles. The van der Waals surface area contributed by atoms with E-state index in [4.69, 9.17) is 23.2 Å². The molecule has 5 nitrogen and oxygen atoms in total. The van der Waals surface area contributed by atoms with E-state index in [1.165, 1.54) is 37.1 Å². The Bertz CT molecular complexity index is 1240. The molecule has 0 aliphatic carbocycles. The van der Waals surface area contributed by atoms with E-state index >= 15 is 0 Å². The number of carbonyl (C=O) groups excluding carboxylic acids is 1. The van der Waals surface area contributed by atoms with Gasteiger partial charge in [0.05, 0.1) is 17.3 Å². The van der Waals surface area contributed by atoms with Gasteiger partial charge in [-0.05, 0) is 49.7 Å². The molecule has 0 N–H and O–H groups in total. The molecule has 32 heavy (non-hydrogen) atoms. The second-order valence-electron chi connectivity index (χ2n) is 7.22. The first kappa shape index (κ1) is 23.8. The van der Waals surface area contributed by atoms with Gasteiger partial charge in [0.1, 0.15) is 0 Å². The van der Waals surface area contributed by atoms with E-state index in [9.17, 15) is 22.8 Å². The fourth-order valence-electron chi connectivity index (χ4n) is 3.16. The first-order valence-corrected chi connectivity index (χ1v) is 10.2. The number of nitrogens with zero attached hydrogens (tertiary/aromatic N) is 3. The summed E-state index contributed by atoms with van der Waals surface area (Å²) in [6, 6.07) is 9.94. The minimum atomic E-state index is -4.55. The molecule has 0 aliphatic heterocycles. The van der Waals surface area contributed by atoms with Gasteiger partial charge < -0.3 is 4.90 Å². The predicted molar refractivity (Wildman–Crippen MR) is 117 cm³/mol. The van der Waals surface area contributed by atoms with Crippen LogP contribution in [0.25, 0.3) is 5.69 Å². The summed E-state index contributed by atoms with van der Waals surface area (Å²) in [4.78, 5) is 26.9. The third-order valence-corrected chi connectivity index (χ3v) is 5.60. The number of halogens is 5. The number of carbonyl (C=O) groups is 1. The fourth-order valence-corrected chi connectivity index (χ4v) is 3.73. The average molecular weight is 484 g/mol. The van der Waals surface area contributed by atoms with Crippen LogP contribution >= 0.6 is 23.2 Å². The fraction of sp³-hybridized carbons (Fsp3) is 0.227. The highest BCUT2D eigenvalue weighted by molar-refractivity contribution is 6.35. The van der Waals surface area contributed by atoms with E-state index in [2.05, 4.69) is 5.10 Å². The van der Waals surface area contributed by atoms with E-state index in [1.807, 2.05) is 0 Å². The Balaban J connectivity index is 2.02. The summed E-state index contributed by atoms with van der Waals surface area (Å²) in [6.45, 7) is 3.23. The van der Waals surface area contributed by atoms with Crippen molar-refractivity contribution in [3.05, 3.63) is 91.3 Å². The van der Waals surface area contributed by atoms with Gasteiger partial charge in [-0.1, -0.05) is 35.3 Å². The van der Waals surface area contributed by atoms with Crippen LogP contribution in [0.4, 0.5) is 13.2 Å². The summed E-state index contributed by atoms with van der Waals surface area (Å²) in [5.74, 6) is -0.700. The van der Waals surface area contributed by atoms with Crippen LogP contribution in [0.2, 0.25) is 10.0 Å². The van der Waals surface area contributed by atoms with Gasteiger partial charge in [0.25, 0.3) is 5.91 Å². The number of hydrogen-bond acceptors (Lipinski definition) is 3. The molecule has 1 amide bonds. The maximum absolute atomic E-state index is 13.1. The summed E-state index contributed by atoms with van der Waals surface area (Å²) in [7, 11) is 1.48. The SMILES string of the molecule is Cc1cc(=O)c(C(=O)N(C)C(C)c2ccc(Cl)cc2Cl)nn1-c1cccc(C(F)(F)F)c1. The lowest BCUT2D eigenvalue weighted by Crippen LogP contribution is -2.35. The van der Waals surface area contributed by atoms with Crippen molar-refractivity contribution in [2.75, 3.05) is 7.05 Å². The van der Waals surface area contributed by atoms with Crippen LogP contribution in [0.15, 0.2) is 53.3 Å². The quantitative estimate of drug-likeness (QED) is 0.478. The summed E-state index contributed by atoms with van der Waals surface area (Å²) >= 11 is 12.2. The van der Waals surface area contributed by atoms with Gasteiger partial charge in [-0.25, -0.2) is 4.68 Å². The molecule has 1 atom stereocenters. The number of amides is 1. The Morgan fingerprint density at radius 2 is 1.81 bits per heavy atom. The van der Waals surface area contributed by atoms with Crippen LogP contribution in [-0.2, 0) is 6.18 Å². The molecule has 0 fully saturated rings. The van der Waals surface area contributed by atoms with Gasteiger partial charge in [0, 0.05) is 28.9 Å². The number of benzene rings is 2. The topological polar surface area (TPSA) is 55.2 Å². The van der Waals surface area contributed by atoms with E-state index in [-0.39, 0.29) is 11.4 Å². The molecule has 0 saturated heterocycles. The van der Waals surface area contributed by atoms with Crippen LogP contribution in [0.3, 0.4) is 0 Å². The maximum Gasteiger partial charge on any atom is 0.416 e. The third kappa shape index (κ3) is 4.81. The average Bonchev–Trinajstić information content (AvgIpc) is 2.72. The molecule has 10 heteroatoms. The molecule has 3 aromatic rings. The lowest BCUT2D eigenvalue weighted by Gasteiger charge is -2.26. The van der Waals surface area contributed by atoms with Gasteiger partial charge in [0.2, 0.25) is 5.43 Å². The zero-order chi connectivity index (χ0) is 23.8. The highest BCUT2D eigenvalue weighted by Crippen LogP contribution is 2.31. The molecular weight excluding hydrogens is 466 g/mol. The number of aromatic nitrogens is 2.